The number of esters is 1. The van der Waals surface area contributed by atoms with Crippen LogP contribution >= 0.6 is 0 Å². The van der Waals surface area contributed by atoms with Gasteiger partial charge in [0.15, 0.2) is 0 Å². The summed E-state index contributed by atoms with van der Waals surface area (Å²) in [6, 6.07) is 0. The van der Waals surface area contributed by atoms with Crippen LogP contribution in [0.3, 0.4) is 0 Å². The number of allylic oxidation sites excluding steroid dienone is 1. The Labute approximate surface area is 78.7 Å². The quantitative estimate of drug-likeness (QED) is 0.448. The van der Waals surface area contributed by atoms with Gasteiger partial charge in [-0.1, -0.05) is 0 Å². The minimum absolute atomic E-state index is 0.0886. The highest BCUT2D eigenvalue weighted by Crippen LogP contribution is 2.41. The zero-order chi connectivity index (χ0) is 10.3. The molecule has 5 heteroatoms. The maximum absolute atomic E-state index is 12.1. The predicted molar refractivity (Wildman–Crippen MR) is 41.4 cm³/mol. The Hall–Kier alpha value is -1.00. The molecule has 78 valence electrons. The molecule has 2 aliphatic rings. The molecule has 0 bridgehead atoms. The number of hydrogen-bond donors (Lipinski definition) is 0. The second kappa shape index (κ2) is 3.00. The fourth-order valence-corrected chi connectivity index (χ4v) is 2.12. The van der Waals surface area contributed by atoms with Crippen LogP contribution in [-0.2, 0) is 9.53 Å². The van der Waals surface area contributed by atoms with E-state index in [1.54, 1.807) is 0 Å². The van der Waals surface area contributed by atoms with E-state index in [1.807, 2.05) is 0 Å². The van der Waals surface area contributed by atoms with Gasteiger partial charge < -0.3 is 4.74 Å². The first kappa shape index (κ1) is 9.55. The smallest absolute Gasteiger partial charge is 0.410 e. The van der Waals surface area contributed by atoms with Crippen molar-refractivity contribution in [3.05, 3.63) is 11.6 Å². The molecule has 1 saturated carbocycles. The molecule has 2 unspecified atom stereocenters. The molecule has 0 amide bonds. The van der Waals surface area contributed by atoms with Gasteiger partial charge in [0.05, 0.1) is 0 Å². The Morgan fingerprint density at radius 1 is 1.36 bits per heavy atom. The molecule has 1 saturated heterocycles. The summed E-state index contributed by atoms with van der Waals surface area (Å²) in [6.07, 6.45) is -2.50. The third kappa shape index (κ3) is 1.63. The highest BCUT2D eigenvalue weighted by Gasteiger charge is 2.44. The Morgan fingerprint density at radius 2 is 2.07 bits per heavy atom. The standard InChI is InChI=1S/C9H9F3O2/c10-9(11,12)4-6-5-2-1-3-7(5)14-8(6)13/h4-5,7H,1-3H2/b6-4-. The van der Waals surface area contributed by atoms with Gasteiger partial charge in [-0.3, -0.25) is 0 Å². The van der Waals surface area contributed by atoms with Crippen molar-refractivity contribution in [2.75, 3.05) is 0 Å². The molecular weight excluding hydrogens is 197 g/mol. The summed E-state index contributed by atoms with van der Waals surface area (Å²) in [5.74, 6) is -1.12. The number of halogens is 3. The largest absolute Gasteiger partial charge is 0.458 e. The molecule has 14 heavy (non-hydrogen) atoms. The molecule has 0 spiro atoms. The van der Waals surface area contributed by atoms with Crippen molar-refractivity contribution in [1.82, 2.24) is 0 Å². The molecule has 0 N–H and O–H groups in total. The van der Waals surface area contributed by atoms with Gasteiger partial charge in [0.1, 0.15) is 6.10 Å². The van der Waals surface area contributed by atoms with Gasteiger partial charge in [0.2, 0.25) is 0 Å². The molecule has 1 aliphatic heterocycles. The monoisotopic (exact) mass is 206 g/mol. The molecule has 0 aromatic carbocycles. The second-order valence-corrected chi connectivity index (χ2v) is 3.62. The molecule has 0 radical (unpaired) electrons. The first-order valence-corrected chi connectivity index (χ1v) is 4.48. The van der Waals surface area contributed by atoms with Crippen molar-refractivity contribution in [3.63, 3.8) is 0 Å². The highest BCUT2D eigenvalue weighted by atomic mass is 19.4. The van der Waals surface area contributed by atoms with Crippen molar-refractivity contribution in [3.8, 4) is 0 Å². The molecular formula is C9H9F3O2. The summed E-state index contributed by atoms with van der Waals surface area (Å²) in [4.78, 5) is 11.1. The molecule has 2 rings (SSSR count). The average Bonchev–Trinajstić information content (AvgIpc) is 2.54. The van der Waals surface area contributed by atoms with Crippen LogP contribution in [0.5, 0.6) is 0 Å². The number of carbonyl (C=O) groups is 1. The summed E-state index contributed by atoms with van der Waals surface area (Å²) >= 11 is 0. The Morgan fingerprint density at radius 3 is 2.71 bits per heavy atom. The number of fused-ring (bicyclic) bond motifs is 1. The van der Waals surface area contributed by atoms with Gasteiger partial charge in [-0.25, -0.2) is 4.79 Å². The Kier molecular flexibility index (Phi) is 2.05. The van der Waals surface area contributed by atoms with E-state index < -0.39 is 12.1 Å². The van der Waals surface area contributed by atoms with Crippen molar-refractivity contribution < 1.29 is 22.7 Å². The number of ether oxygens (including phenoxy) is 1. The zero-order valence-corrected chi connectivity index (χ0v) is 7.30. The van der Waals surface area contributed by atoms with E-state index in [-0.39, 0.29) is 23.7 Å². The van der Waals surface area contributed by atoms with Crippen LogP contribution in [0, 0.1) is 5.92 Å². The molecule has 0 aromatic heterocycles. The molecule has 2 fully saturated rings. The second-order valence-electron chi connectivity index (χ2n) is 3.62. The summed E-state index contributed by atoms with van der Waals surface area (Å²) in [7, 11) is 0. The lowest BCUT2D eigenvalue weighted by Crippen LogP contribution is -2.11. The van der Waals surface area contributed by atoms with Crippen molar-refractivity contribution >= 4 is 5.97 Å². The topological polar surface area (TPSA) is 26.3 Å². The van der Waals surface area contributed by atoms with E-state index >= 15 is 0 Å². The van der Waals surface area contributed by atoms with E-state index in [9.17, 15) is 18.0 Å². The van der Waals surface area contributed by atoms with Crippen LogP contribution in [0.15, 0.2) is 11.6 Å². The van der Waals surface area contributed by atoms with Crippen molar-refractivity contribution in [2.45, 2.75) is 31.5 Å². The Balaban J connectivity index is 2.26. The maximum atomic E-state index is 12.1. The van der Waals surface area contributed by atoms with Crippen molar-refractivity contribution in [2.24, 2.45) is 5.92 Å². The fraction of sp³-hybridized carbons (Fsp3) is 0.667. The lowest BCUT2D eigenvalue weighted by Gasteiger charge is -2.06. The third-order valence-electron chi connectivity index (χ3n) is 2.67. The van der Waals surface area contributed by atoms with Crippen molar-refractivity contribution in [1.29, 1.82) is 0 Å². The van der Waals surface area contributed by atoms with Gasteiger partial charge in [0.25, 0.3) is 0 Å². The lowest BCUT2D eigenvalue weighted by molar-refractivity contribution is -0.139. The van der Waals surface area contributed by atoms with Gasteiger partial charge in [-0.05, 0) is 19.3 Å². The molecule has 0 aromatic rings. The van der Waals surface area contributed by atoms with E-state index in [4.69, 9.17) is 4.74 Å². The summed E-state index contributed by atoms with van der Waals surface area (Å²) in [6.45, 7) is 0. The van der Waals surface area contributed by atoms with Crippen LogP contribution in [0.1, 0.15) is 19.3 Å². The number of alkyl halides is 3. The number of carbonyl (C=O) groups excluding carboxylic acids is 1. The molecule has 2 atom stereocenters. The summed E-state index contributed by atoms with van der Waals surface area (Å²) in [5, 5.41) is 0. The SMILES string of the molecule is O=C1OC2CCCC2/C1=C/C(F)(F)F. The first-order valence-electron chi connectivity index (χ1n) is 4.48. The van der Waals surface area contributed by atoms with E-state index in [2.05, 4.69) is 0 Å². The highest BCUT2D eigenvalue weighted by molar-refractivity contribution is 5.91. The van der Waals surface area contributed by atoms with Crippen LogP contribution in [-0.4, -0.2) is 18.2 Å². The molecule has 2 nitrogen and oxygen atoms in total. The van der Waals surface area contributed by atoms with Gasteiger partial charge in [0, 0.05) is 17.6 Å². The Bertz CT molecular complexity index is 293. The maximum Gasteiger partial charge on any atom is 0.410 e. The van der Waals surface area contributed by atoms with Gasteiger partial charge >= 0.3 is 12.1 Å². The van der Waals surface area contributed by atoms with E-state index in [0.29, 0.717) is 12.8 Å². The summed E-state index contributed by atoms with van der Waals surface area (Å²) in [5.41, 5.74) is -0.194. The van der Waals surface area contributed by atoms with Crippen LogP contribution in [0.2, 0.25) is 0 Å². The zero-order valence-electron chi connectivity index (χ0n) is 7.30. The van der Waals surface area contributed by atoms with Gasteiger partial charge in [-0.2, -0.15) is 13.2 Å². The average molecular weight is 206 g/mol. The predicted octanol–water partition coefficient (Wildman–Crippen LogP) is 2.20. The minimum Gasteiger partial charge on any atom is -0.458 e. The molecule has 1 aliphatic carbocycles. The van der Waals surface area contributed by atoms with Gasteiger partial charge in [-0.15, -0.1) is 0 Å². The third-order valence-corrected chi connectivity index (χ3v) is 2.67. The fourth-order valence-electron chi connectivity index (χ4n) is 2.12. The van der Waals surface area contributed by atoms with E-state index in [1.165, 1.54) is 0 Å². The molecule has 1 heterocycles. The lowest BCUT2D eigenvalue weighted by atomic mass is 9.98. The van der Waals surface area contributed by atoms with Crippen LogP contribution in [0.25, 0.3) is 0 Å². The summed E-state index contributed by atoms with van der Waals surface area (Å²) < 4.78 is 41.0. The number of rotatable bonds is 0. The van der Waals surface area contributed by atoms with Crippen LogP contribution < -0.4 is 0 Å². The van der Waals surface area contributed by atoms with E-state index in [0.717, 1.165) is 6.42 Å². The number of hydrogen-bond acceptors (Lipinski definition) is 2. The minimum atomic E-state index is -4.42. The normalized spacial score (nSPS) is 34.8. The first-order chi connectivity index (χ1) is 6.47. The van der Waals surface area contributed by atoms with Crippen LogP contribution in [0.4, 0.5) is 13.2 Å².